The van der Waals surface area contributed by atoms with E-state index in [1.54, 1.807) is 0 Å². The summed E-state index contributed by atoms with van der Waals surface area (Å²) in [5.74, 6) is 0.0168. The third-order valence-electron chi connectivity index (χ3n) is 2.84. The fraction of sp³-hybridized carbons (Fsp3) is 0.400. The highest BCUT2D eigenvalue weighted by molar-refractivity contribution is 5.94. The highest BCUT2D eigenvalue weighted by atomic mass is 16.1. The number of carbonyl (C=O) groups excluding carboxylic acids is 1. The topological polar surface area (TPSA) is 29.1 Å². The molecule has 0 saturated carbocycles. The van der Waals surface area contributed by atoms with Gasteiger partial charge in [-0.05, 0) is 45.7 Å². The van der Waals surface area contributed by atoms with E-state index >= 15 is 0 Å². The first kappa shape index (κ1) is 13.5. The van der Waals surface area contributed by atoms with Crippen LogP contribution in [0, 0.1) is 6.92 Å². The molecule has 0 aliphatic rings. The lowest BCUT2D eigenvalue weighted by Crippen LogP contribution is -2.24. The lowest BCUT2D eigenvalue weighted by atomic mass is 10.1. The van der Waals surface area contributed by atoms with Crippen LogP contribution < -0.4 is 5.32 Å². The van der Waals surface area contributed by atoms with Crippen molar-refractivity contribution in [3.8, 4) is 0 Å². The van der Waals surface area contributed by atoms with Crippen molar-refractivity contribution in [1.82, 2.24) is 5.32 Å². The van der Waals surface area contributed by atoms with E-state index in [1.807, 2.05) is 38.1 Å². The van der Waals surface area contributed by atoms with Gasteiger partial charge in [-0.1, -0.05) is 29.3 Å². The first-order valence-corrected chi connectivity index (χ1v) is 6.10. The summed E-state index contributed by atoms with van der Waals surface area (Å²) in [7, 11) is 0. The number of benzene rings is 1. The van der Waals surface area contributed by atoms with Gasteiger partial charge >= 0.3 is 0 Å². The van der Waals surface area contributed by atoms with Gasteiger partial charge in [-0.3, -0.25) is 4.79 Å². The second kappa shape index (κ2) is 6.89. The molecule has 1 aromatic rings. The maximum absolute atomic E-state index is 11.7. The van der Waals surface area contributed by atoms with Gasteiger partial charge in [0.15, 0.2) is 0 Å². The Morgan fingerprint density at radius 2 is 1.94 bits per heavy atom. The Morgan fingerprint density at radius 1 is 1.29 bits per heavy atom. The summed E-state index contributed by atoms with van der Waals surface area (Å²) in [6, 6.07) is 7.64. The number of carbonyl (C=O) groups is 1. The van der Waals surface area contributed by atoms with Crippen LogP contribution in [0.3, 0.4) is 0 Å². The van der Waals surface area contributed by atoms with Gasteiger partial charge in [-0.25, -0.2) is 0 Å². The minimum absolute atomic E-state index is 0.0168. The summed E-state index contributed by atoms with van der Waals surface area (Å²) in [6.07, 6.45) is 4.15. The highest BCUT2D eigenvalue weighted by Crippen LogP contribution is 2.04. The third kappa shape index (κ3) is 4.85. The van der Waals surface area contributed by atoms with E-state index in [4.69, 9.17) is 0 Å². The fourth-order valence-corrected chi connectivity index (χ4v) is 1.52. The lowest BCUT2D eigenvalue weighted by molar-refractivity contribution is 0.0953. The molecule has 1 aromatic carbocycles. The van der Waals surface area contributed by atoms with Crippen LogP contribution in [0.4, 0.5) is 0 Å². The summed E-state index contributed by atoms with van der Waals surface area (Å²) >= 11 is 0. The standard InChI is InChI=1S/C15H21NO/c1-4-12(2)6-5-11-16-15(17)14-9-7-13(3)8-10-14/h4,7-10H,5-6,11H2,1-3H3,(H,16,17). The summed E-state index contributed by atoms with van der Waals surface area (Å²) < 4.78 is 0. The molecule has 17 heavy (non-hydrogen) atoms. The average molecular weight is 231 g/mol. The zero-order valence-corrected chi connectivity index (χ0v) is 10.9. The number of nitrogens with one attached hydrogen (secondary N) is 1. The van der Waals surface area contributed by atoms with Crippen molar-refractivity contribution < 1.29 is 4.79 Å². The maximum atomic E-state index is 11.7. The SMILES string of the molecule is CC=C(C)CCCNC(=O)c1ccc(C)cc1. The molecule has 0 aliphatic carbocycles. The van der Waals surface area contributed by atoms with Crippen molar-refractivity contribution in [1.29, 1.82) is 0 Å². The molecule has 0 aromatic heterocycles. The lowest BCUT2D eigenvalue weighted by Gasteiger charge is -2.05. The Bertz CT molecular complexity index is 390. The van der Waals surface area contributed by atoms with Crippen LogP contribution >= 0.6 is 0 Å². The van der Waals surface area contributed by atoms with E-state index in [9.17, 15) is 4.79 Å². The molecule has 0 heterocycles. The van der Waals surface area contributed by atoms with Crippen LogP contribution in [0.25, 0.3) is 0 Å². The first-order valence-electron chi connectivity index (χ1n) is 6.10. The minimum atomic E-state index is 0.0168. The zero-order chi connectivity index (χ0) is 12.7. The minimum Gasteiger partial charge on any atom is -0.352 e. The monoisotopic (exact) mass is 231 g/mol. The molecule has 0 spiro atoms. The Labute approximate surface area is 104 Å². The van der Waals surface area contributed by atoms with Crippen molar-refractivity contribution in [2.75, 3.05) is 6.54 Å². The van der Waals surface area contributed by atoms with Gasteiger partial charge < -0.3 is 5.32 Å². The normalized spacial score (nSPS) is 11.4. The number of aryl methyl sites for hydroxylation is 1. The van der Waals surface area contributed by atoms with Crippen LogP contribution in [0.2, 0.25) is 0 Å². The van der Waals surface area contributed by atoms with Gasteiger partial charge in [0.1, 0.15) is 0 Å². The second-order valence-corrected chi connectivity index (χ2v) is 4.36. The molecule has 1 amide bonds. The quantitative estimate of drug-likeness (QED) is 0.610. The molecule has 0 aliphatic heterocycles. The third-order valence-corrected chi connectivity index (χ3v) is 2.84. The zero-order valence-electron chi connectivity index (χ0n) is 10.9. The Hall–Kier alpha value is -1.57. The molecule has 0 fully saturated rings. The van der Waals surface area contributed by atoms with E-state index in [-0.39, 0.29) is 5.91 Å². The number of allylic oxidation sites excluding steroid dienone is 2. The average Bonchev–Trinajstić information content (AvgIpc) is 2.34. The number of hydrogen-bond acceptors (Lipinski definition) is 1. The number of rotatable bonds is 5. The van der Waals surface area contributed by atoms with Crippen LogP contribution in [-0.2, 0) is 0 Å². The summed E-state index contributed by atoms with van der Waals surface area (Å²) in [5, 5.41) is 2.93. The smallest absolute Gasteiger partial charge is 0.251 e. The van der Waals surface area contributed by atoms with E-state index in [0.29, 0.717) is 0 Å². The van der Waals surface area contributed by atoms with Crippen LogP contribution in [0.5, 0.6) is 0 Å². The molecular formula is C15H21NO. The van der Waals surface area contributed by atoms with Gasteiger partial charge in [0.05, 0.1) is 0 Å². The predicted octanol–water partition coefficient (Wildman–Crippen LogP) is 3.47. The van der Waals surface area contributed by atoms with E-state index in [1.165, 1.54) is 11.1 Å². The van der Waals surface area contributed by atoms with E-state index in [2.05, 4.69) is 18.3 Å². The molecule has 0 unspecified atom stereocenters. The summed E-state index contributed by atoms with van der Waals surface area (Å²) in [5.41, 5.74) is 3.28. The molecular weight excluding hydrogens is 210 g/mol. The molecule has 0 radical (unpaired) electrons. The molecule has 0 bridgehead atoms. The predicted molar refractivity (Wildman–Crippen MR) is 72.2 cm³/mol. The van der Waals surface area contributed by atoms with Crippen LogP contribution in [0.1, 0.15) is 42.6 Å². The molecule has 1 rings (SSSR count). The van der Waals surface area contributed by atoms with Crippen molar-refractivity contribution in [3.05, 3.63) is 47.0 Å². The van der Waals surface area contributed by atoms with E-state index in [0.717, 1.165) is 24.9 Å². The largest absolute Gasteiger partial charge is 0.352 e. The molecule has 1 N–H and O–H groups in total. The molecule has 0 saturated heterocycles. The first-order chi connectivity index (χ1) is 8.13. The Kier molecular flexibility index (Phi) is 5.47. The summed E-state index contributed by atoms with van der Waals surface area (Å²) in [6.45, 7) is 6.90. The Morgan fingerprint density at radius 3 is 2.53 bits per heavy atom. The van der Waals surface area contributed by atoms with Gasteiger partial charge in [0.25, 0.3) is 5.91 Å². The van der Waals surface area contributed by atoms with Gasteiger partial charge in [-0.2, -0.15) is 0 Å². The van der Waals surface area contributed by atoms with Crippen LogP contribution in [0.15, 0.2) is 35.9 Å². The second-order valence-electron chi connectivity index (χ2n) is 4.36. The van der Waals surface area contributed by atoms with Gasteiger partial charge in [0, 0.05) is 12.1 Å². The van der Waals surface area contributed by atoms with Crippen molar-refractivity contribution >= 4 is 5.91 Å². The number of amides is 1. The molecule has 2 heteroatoms. The maximum Gasteiger partial charge on any atom is 0.251 e. The van der Waals surface area contributed by atoms with Gasteiger partial charge in [-0.15, -0.1) is 0 Å². The Balaban J connectivity index is 2.33. The van der Waals surface area contributed by atoms with Gasteiger partial charge in [0.2, 0.25) is 0 Å². The molecule has 92 valence electrons. The van der Waals surface area contributed by atoms with Crippen molar-refractivity contribution in [2.24, 2.45) is 0 Å². The van der Waals surface area contributed by atoms with Crippen molar-refractivity contribution in [3.63, 3.8) is 0 Å². The fourth-order valence-electron chi connectivity index (χ4n) is 1.52. The highest BCUT2D eigenvalue weighted by Gasteiger charge is 2.03. The van der Waals surface area contributed by atoms with E-state index < -0.39 is 0 Å². The molecule has 0 atom stereocenters. The molecule has 2 nitrogen and oxygen atoms in total. The number of hydrogen-bond donors (Lipinski definition) is 1. The summed E-state index contributed by atoms with van der Waals surface area (Å²) in [4.78, 5) is 11.7. The van der Waals surface area contributed by atoms with Crippen molar-refractivity contribution in [2.45, 2.75) is 33.6 Å². The van der Waals surface area contributed by atoms with Crippen LogP contribution in [-0.4, -0.2) is 12.5 Å².